The molecule has 102 valence electrons. The lowest BCUT2D eigenvalue weighted by Crippen LogP contribution is -2.12. The Morgan fingerprint density at radius 2 is 2.32 bits per heavy atom. The summed E-state index contributed by atoms with van der Waals surface area (Å²) in [5.41, 5.74) is 7.16. The van der Waals surface area contributed by atoms with Crippen LogP contribution in [0.5, 0.6) is 0 Å². The molecule has 0 aromatic carbocycles. The summed E-state index contributed by atoms with van der Waals surface area (Å²) in [4.78, 5) is 8.52. The molecule has 0 spiro atoms. The van der Waals surface area contributed by atoms with Gasteiger partial charge in [0.25, 0.3) is 10.0 Å². The first-order chi connectivity index (χ1) is 9.08. The molecule has 8 heteroatoms. The zero-order valence-electron chi connectivity index (χ0n) is 10.1. The Kier molecular flexibility index (Phi) is 3.08. The van der Waals surface area contributed by atoms with Crippen molar-refractivity contribution in [2.45, 2.75) is 30.7 Å². The second-order valence-corrected chi connectivity index (χ2v) is 7.18. The largest absolute Gasteiger partial charge is 0.363 e. The Labute approximate surface area is 115 Å². The minimum atomic E-state index is -3.58. The highest BCUT2D eigenvalue weighted by Crippen LogP contribution is 2.31. The molecule has 2 aromatic rings. The molecular formula is C11H14N4O2S2. The maximum absolute atomic E-state index is 12.2. The number of nitrogens with one attached hydrogen (secondary N) is 2. The minimum Gasteiger partial charge on any atom is -0.363 e. The van der Waals surface area contributed by atoms with Crippen molar-refractivity contribution in [1.29, 1.82) is 0 Å². The summed E-state index contributed by atoms with van der Waals surface area (Å²) in [6.07, 6.45) is 4.48. The van der Waals surface area contributed by atoms with Crippen molar-refractivity contribution in [3.63, 3.8) is 0 Å². The van der Waals surface area contributed by atoms with Gasteiger partial charge in [-0.2, -0.15) is 0 Å². The van der Waals surface area contributed by atoms with Gasteiger partial charge in [0.1, 0.15) is 4.90 Å². The average molecular weight is 298 g/mol. The molecule has 0 bridgehead atoms. The van der Waals surface area contributed by atoms with E-state index >= 15 is 0 Å². The van der Waals surface area contributed by atoms with Crippen molar-refractivity contribution in [1.82, 2.24) is 9.97 Å². The molecule has 1 aliphatic carbocycles. The first-order valence-corrected chi connectivity index (χ1v) is 8.27. The third-order valence-electron chi connectivity index (χ3n) is 3.06. The molecule has 3 rings (SSSR count). The van der Waals surface area contributed by atoms with E-state index in [0.717, 1.165) is 25.0 Å². The number of sulfonamides is 1. The highest BCUT2D eigenvalue weighted by atomic mass is 32.2. The zero-order valence-corrected chi connectivity index (χ0v) is 11.8. The molecule has 0 radical (unpaired) electrons. The summed E-state index contributed by atoms with van der Waals surface area (Å²) in [5.74, 6) is 0. The molecule has 19 heavy (non-hydrogen) atoms. The van der Waals surface area contributed by atoms with Gasteiger partial charge in [-0.25, -0.2) is 13.4 Å². The van der Waals surface area contributed by atoms with Gasteiger partial charge in [0.15, 0.2) is 5.13 Å². The second kappa shape index (κ2) is 4.62. The highest BCUT2D eigenvalue weighted by Gasteiger charge is 2.21. The van der Waals surface area contributed by atoms with Gasteiger partial charge in [0.2, 0.25) is 0 Å². The van der Waals surface area contributed by atoms with E-state index in [1.54, 1.807) is 0 Å². The van der Waals surface area contributed by atoms with Crippen molar-refractivity contribution in [3.8, 4) is 0 Å². The molecule has 6 nitrogen and oxygen atoms in total. The zero-order chi connectivity index (χ0) is 13.5. The van der Waals surface area contributed by atoms with Gasteiger partial charge in [-0.15, -0.1) is 11.3 Å². The molecule has 0 saturated carbocycles. The quantitative estimate of drug-likeness (QED) is 0.790. The molecule has 0 saturated heterocycles. The van der Waals surface area contributed by atoms with Crippen LogP contribution in [0.3, 0.4) is 0 Å². The van der Waals surface area contributed by atoms with Crippen LogP contribution >= 0.6 is 11.3 Å². The Hall–Kier alpha value is -1.38. The lowest BCUT2D eigenvalue weighted by molar-refractivity contribution is 0.601. The van der Waals surface area contributed by atoms with Crippen molar-refractivity contribution < 1.29 is 8.42 Å². The number of fused-ring (bicyclic) bond motifs is 1. The molecule has 0 unspecified atom stereocenters. The number of hydrogen-bond donors (Lipinski definition) is 3. The third kappa shape index (κ3) is 2.38. The van der Waals surface area contributed by atoms with E-state index in [1.807, 2.05) is 0 Å². The minimum absolute atomic E-state index is 0.184. The number of nitrogens with zero attached hydrogens (tertiary/aromatic N) is 1. The van der Waals surface area contributed by atoms with Crippen LogP contribution in [0.25, 0.3) is 0 Å². The SMILES string of the molecule is NCc1cc(S(=O)(=O)Nc2nc3c(s2)CCC3)c[nH]1. The van der Waals surface area contributed by atoms with Crippen molar-refractivity contribution in [3.05, 3.63) is 28.5 Å². The van der Waals surface area contributed by atoms with Crippen LogP contribution in [0.2, 0.25) is 0 Å². The number of aryl methyl sites for hydroxylation is 2. The Balaban J connectivity index is 1.84. The van der Waals surface area contributed by atoms with Crippen molar-refractivity contribution >= 4 is 26.5 Å². The lowest BCUT2D eigenvalue weighted by atomic mass is 10.4. The molecule has 4 N–H and O–H groups in total. The van der Waals surface area contributed by atoms with Gasteiger partial charge < -0.3 is 10.7 Å². The van der Waals surface area contributed by atoms with Crippen LogP contribution in [0.4, 0.5) is 5.13 Å². The summed E-state index contributed by atoms with van der Waals surface area (Å²) >= 11 is 1.42. The summed E-state index contributed by atoms with van der Waals surface area (Å²) in [5, 5.41) is 0.445. The van der Waals surface area contributed by atoms with Crippen LogP contribution in [0, 0.1) is 0 Å². The number of rotatable bonds is 4. The van der Waals surface area contributed by atoms with Crippen LogP contribution in [0.1, 0.15) is 22.7 Å². The normalized spacial score (nSPS) is 14.6. The topological polar surface area (TPSA) is 101 Å². The number of aromatic amines is 1. The average Bonchev–Trinajstić information content (AvgIpc) is 3.01. The first-order valence-electron chi connectivity index (χ1n) is 5.97. The van der Waals surface area contributed by atoms with E-state index in [-0.39, 0.29) is 11.4 Å². The van der Waals surface area contributed by atoms with Crippen molar-refractivity contribution in [2.75, 3.05) is 4.72 Å². The fraction of sp³-hybridized carbons (Fsp3) is 0.364. The molecule has 0 fully saturated rings. The third-order valence-corrected chi connectivity index (χ3v) is 5.58. The predicted molar refractivity (Wildman–Crippen MR) is 73.6 cm³/mol. The van der Waals surface area contributed by atoms with E-state index < -0.39 is 10.0 Å². The molecule has 0 aliphatic heterocycles. The number of nitrogens with two attached hydrogens (primary N) is 1. The number of anilines is 1. The molecule has 2 heterocycles. The number of aromatic nitrogens is 2. The Bertz CT molecular complexity index is 681. The maximum Gasteiger partial charge on any atom is 0.265 e. The van der Waals surface area contributed by atoms with Gasteiger partial charge in [-0.05, 0) is 25.3 Å². The number of thiazole rings is 1. The van der Waals surface area contributed by atoms with Gasteiger partial charge >= 0.3 is 0 Å². The number of hydrogen-bond acceptors (Lipinski definition) is 5. The highest BCUT2D eigenvalue weighted by molar-refractivity contribution is 7.93. The monoisotopic (exact) mass is 298 g/mol. The molecule has 0 atom stereocenters. The summed E-state index contributed by atoms with van der Waals surface area (Å²) < 4.78 is 26.8. The second-order valence-electron chi connectivity index (χ2n) is 4.41. The maximum atomic E-state index is 12.2. The van der Waals surface area contributed by atoms with Crippen LogP contribution in [-0.4, -0.2) is 18.4 Å². The Morgan fingerprint density at radius 3 is 3.00 bits per heavy atom. The van der Waals surface area contributed by atoms with Gasteiger partial charge in [-0.1, -0.05) is 0 Å². The number of H-pyrrole nitrogens is 1. The molecular weight excluding hydrogens is 284 g/mol. The van der Waals surface area contributed by atoms with E-state index in [0.29, 0.717) is 10.8 Å². The molecule has 2 aromatic heterocycles. The van der Waals surface area contributed by atoms with Crippen LogP contribution in [-0.2, 0) is 29.4 Å². The van der Waals surface area contributed by atoms with Gasteiger partial charge in [0, 0.05) is 23.3 Å². The smallest absolute Gasteiger partial charge is 0.265 e. The van der Waals surface area contributed by atoms with Gasteiger partial charge in [-0.3, -0.25) is 4.72 Å². The predicted octanol–water partition coefficient (Wildman–Crippen LogP) is 1.22. The summed E-state index contributed by atoms with van der Waals surface area (Å²) in [6, 6.07) is 1.53. The fourth-order valence-electron chi connectivity index (χ4n) is 2.10. The summed E-state index contributed by atoms with van der Waals surface area (Å²) in [6.45, 7) is 0.279. The molecule has 0 amide bonds. The lowest BCUT2D eigenvalue weighted by Gasteiger charge is -2.02. The van der Waals surface area contributed by atoms with E-state index in [9.17, 15) is 8.42 Å². The summed E-state index contributed by atoms with van der Waals surface area (Å²) in [7, 11) is -3.58. The van der Waals surface area contributed by atoms with Crippen LogP contribution < -0.4 is 10.5 Å². The van der Waals surface area contributed by atoms with E-state index in [2.05, 4.69) is 14.7 Å². The standard InChI is InChI=1S/C11H14N4O2S2/c12-5-7-4-8(6-13-7)19(16,17)15-11-14-9-2-1-3-10(9)18-11/h4,6,13H,1-3,5,12H2,(H,14,15). The van der Waals surface area contributed by atoms with E-state index in [1.165, 1.54) is 28.5 Å². The first kappa shape index (κ1) is 12.6. The van der Waals surface area contributed by atoms with Crippen molar-refractivity contribution in [2.24, 2.45) is 5.73 Å². The Morgan fingerprint density at radius 1 is 1.47 bits per heavy atom. The molecule has 1 aliphatic rings. The van der Waals surface area contributed by atoms with Gasteiger partial charge in [0.05, 0.1) is 5.69 Å². The van der Waals surface area contributed by atoms with Crippen LogP contribution in [0.15, 0.2) is 17.2 Å². The van der Waals surface area contributed by atoms with E-state index in [4.69, 9.17) is 5.73 Å². The fourth-order valence-corrected chi connectivity index (χ4v) is 4.40.